The lowest BCUT2D eigenvalue weighted by molar-refractivity contribution is -0.121. The standard InChI is InChI=1S/C14H16FN3O/c15-13-4-2-1-3-11(13)5-6-14(19)17-8-7-12-9-16-10-18-12/h1-4,9-10H,5-8H2,(H,16,18)(H,17,19). The lowest BCUT2D eigenvalue weighted by Gasteiger charge is -2.05. The minimum absolute atomic E-state index is 0.0669. The molecule has 0 aliphatic heterocycles. The van der Waals surface area contributed by atoms with Crippen LogP contribution in [0, 0.1) is 5.82 Å². The van der Waals surface area contributed by atoms with Crippen LogP contribution in [0.1, 0.15) is 17.7 Å². The molecule has 0 spiro atoms. The van der Waals surface area contributed by atoms with Gasteiger partial charge in [-0.25, -0.2) is 9.37 Å². The van der Waals surface area contributed by atoms with Gasteiger partial charge in [-0.2, -0.15) is 0 Å². The molecule has 2 aromatic rings. The summed E-state index contributed by atoms with van der Waals surface area (Å²) in [6.45, 7) is 0.554. The second-order valence-electron chi connectivity index (χ2n) is 4.27. The Morgan fingerprint density at radius 2 is 2.16 bits per heavy atom. The fraction of sp³-hybridized carbons (Fsp3) is 0.286. The van der Waals surface area contributed by atoms with Gasteiger partial charge in [0.05, 0.1) is 6.33 Å². The number of halogens is 1. The van der Waals surface area contributed by atoms with Crippen LogP contribution in [0.25, 0.3) is 0 Å². The molecule has 0 aliphatic carbocycles. The van der Waals surface area contributed by atoms with E-state index in [1.165, 1.54) is 6.07 Å². The number of aryl methyl sites for hydroxylation is 1. The van der Waals surface area contributed by atoms with Crippen LogP contribution in [0.5, 0.6) is 0 Å². The number of H-pyrrole nitrogens is 1. The van der Waals surface area contributed by atoms with E-state index in [1.807, 2.05) is 0 Å². The Bertz CT molecular complexity index is 525. The molecule has 0 unspecified atom stereocenters. The third-order valence-corrected chi connectivity index (χ3v) is 2.85. The van der Waals surface area contributed by atoms with Gasteiger partial charge in [0.1, 0.15) is 5.82 Å². The maximum Gasteiger partial charge on any atom is 0.220 e. The third kappa shape index (κ3) is 4.21. The Morgan fingerprint density at radius 3 is 2.89 bits per heavy atom. The lowest BCUT2D eigenvalue weighted by atomic mass is 10.1. The van der Waals surface area contributed by atoms with Crippen molar-refractivity contribution >= 4 is 5.91 Å². The van der Waals surface area contributed by atoms with Crippen LogP contribution in [0.2, 0.25) is 0 Å². The van der Waals surface area contributed by atoms with E-state index in [4.69, 9.17) is 0 Å². The lowest BCUT2D eigenvalue weighted by Crippen LogP contribution is -2.26. The summed E-state index contributed by atoms with van der Waals surface area (Å²) in [5.74, 6) is -0.324. The highest BCUT2D eigenvalue weighted by Gasteiger charge is 2.05. The first kappa shape index (κ1) is 13.3. The maximum absolute atomic E-state index is 13.3. The first-order valence-corrected chi connectivity index (χ1v) is 6.23. The Morgan fingerprint density at radius 1 is 1.32 bits per heavy atom. The quantitative estimate of drug-likeness (QED) is 0.833. The van der Waals surface area contributed by atoms with Gasteiger partial charge in [0.25, 0.3) is 0 Å². The van der Waals surface area contributed by atoms with E-state index in [9.17, 15) is 9.18 Å². The summed E-state index contributed by atoms with van der Waals surface area (Å²) >= 11 is 0. The summed E-state index contributed by atoms with van der Waals surface area (Å²) in [7, 11) is 0. The number of nitrogens with one attached hydrogen (secondary N) is 2. The highest BCUT2D eigenvalue weighted by Crippen LogP contribution is 2.08. The second kappa shape index (κ2) is 6.68. The number of aromatic amines is 1. The number of nitrogens with zero attached hydrogens (tertiary/aromatic N) is 1. The van der Waals surface area contributed by atoms with E-state index in [2.05, 4.69) is 15.3 Å². The first-order valence-electron chi connectivity index (χ1n) is 6.23. The zero-order chi connectivity index (χ0) is 13.5. The van der Waals surface area contributed by atoms with E-state index in [0.717, 1.165) is 5.69 Å². The molecule has 1 aromatic carbocycles. The van der Waals surface area contributed by atoms with Crippen molar-refractivity contribution in [2.24, 2.45) is 0 Å². The van der Waals surface area contributed by atoms with Gasteiger partial charge in [0, 0.05) is 31.3 Å². The summed E-state index contributed by atoms with van der Waals surface area (Å²) in [6, 6.07) is 6.52. The number of benzene rings is 1. The summed E-state index contributed by atoms with van der Waals surface area (Å²) in [5, 5.41) is 2.80. The van der Waals surface area contributed by atoms with Crippen LogP contribution in [-0.2, 0) is 17.6 Å². The minimum Gasteiger partial charge on any atom is -0.356 e. The van der Waals surface area contributed by atoms with Crippen molar-refractivity contribution in [3.63, 3.8) is 0 Å². The first-order chi connectivity index (χ1) is 9.25. The van der Waals surface area contributed by atoms with Crippen LogP contribution >= 0.6 is 0 Å². The van der Waals surface area contributed by atoms with Crippen LogP contribution < -0.4 is 5.32 Å². The Labute approximate surface area is 111 Å². The minimum atomic E-state index is -0.257. The normalized spacial score (nSPS) is 10.4. The van der Waals surface area contributed by atoms with Gasteiger partial charge in [0.2, 0.25) is 5.91 Å². The number of hydrogen-bond acceptors (Lipinski definition) is 2. The van der Waals surface area contributed by atoms with Gasteiger partial charge in [0.15, 0.2) is 0 Å². The number of imidazole rings is 1. The smallest absolute Gasteiger partial charge is 0.220 e. The highest BCUT2D eigenvalue weighted by atomic mass is 19.1. The molecule has 0 atom stereocenters. The van der Waals surface area contributed by atoms with Gasteiger partial charge >= 0.3 is 0 Å². The molecule has 100 valence electrons. The molecule has 0 fully saturated rings. The van der Waals surface area contributed by atoms with Crippen molar-refractivity contribution < 1.29 is 9.18 Å². The van der Waals surface area contributed by atoms with E-state index in [1.54, 1.807) is 30.7 Å². The Hall–Kier alpha value is -2.17. The monoisotopic (exact) mass is 261 g/mol. The number of hydrogen-bond donors (Lipinski definition) is 2. The SMILES string of the molecule is O=C(CCc1ccccc1F)NCCc1cnc[nH]1. The van der Waals surface area contributed by atoms with Crippen LogP contribution in [0.15, 0.2) is 36.8 Å². The molecule has 0 saturated heterocycles. The molecular formula is C14H16FN3O. The summed E-state index contributed by atoms with van der Waals surface area (Å²) in [6.07, 6.45) is 4.76. The van der Waals surface area contributed by atoms with Crippen LogP contribution in [-0.4, -0.2) is 22.4 Å². The predicted octanol–water partition coefficient (Wildman–Crippen LogP) is 1.84. The van der Waals surface area contributed by atoms with Crippen molar-refractivity contribution in [2.45, 2.75) is 19.3 Å². The van der Waals surface area contributed by atoms with Crippen molar-refractivity contribution in [3.05, 3.63) is 53.9 Å². The molecule has 19 heavy (non-hydrogen) atoms. The van der Waals surface area contributed by atoms with Gasteiger partial charge in [-0.1, -0.05) is 18.2 Å². The van der Waals surface area contributed by atoms with Crippen molar-refractivity contribution in [1.29, 1.82) is 0 Å². The van der Waals surface area contributed by atoms with Gasteiger partial charge < -0.3 is 10.3 Å². The number of carbonyl (C=O) groups excluding carboxylic acids is 1. The fourth-order valence-corrected chi connectivity index (χ4v) is 1.80. The molecule has 0 radical (unpaired) electrons. The fourth-order valence-electron chi connectivity index (χ4n) is 1.80. The zero-order valence-corrected chi connectivity index (χ0v) is 10.5. The largest absolute Gasteiger partial charge is 0.356 e. The molecule has 1 aromatic heterocycles. The molecule has 0 aliphatic rings. The van der Waals surface area contributed by atoms with Crippen LogP contribution in [0.4, 0.5) is 4.39 Å². The van der Waals surface area contributed by atoms with Crippen molar-refractivity contribution in [1.82, 2.24) is 15.3 Å². The molecule has 0 bridgehead atoms. The summed E-state index contributed by atoms with van der Waals surface area (Å²) < 4.78 is 13.3. The number of rotatable bonds is 6. The average Bonchev–Trinajstić information content (AvgIpc) is 2.91. The zero-order valence-electron chi connectivity index (χ0n) is 10.5. The van der Waals surface area contributed by atoms with Gasteiger partial charge in [-0.05, 0) is 18.1 Å². The molecule has 1 amide bonds. The molecule has 4 nitrogen and oxygen atoms in total. The number of amides is 1. The maximum atomic E-state index is 13.3. The van der Waals surface area contributed by atoms with Gasteiger partial charge in [-0.3, -0.25) is 4.79 Å². The second-order valence-corrected chi connectivity index (χ2v) is 4.27. The van der Waals surface area contributed by atoms with Crippen molar-refractivity contribution in [2.75, 3.05) is 6.54 Å². The summed E-state index contributed by atoms with van der Waals surface area (Å²) in [4.78, 5) is 18.5. The van der Waals surface area contributed by atoms with Crippen molar-refractivity contribution in [3.8, 4) is 0 Å². The topological polar surface area (TPSA) is 57.8 Å². The molecule has 1 heterocycles. The van der Waals surface area contributed by atoms with Gasteiger partial charge in [-0.15, -0.1) is 0 Å². The highest BCUT2D eigenvalue weighted by molar-refractivity contribution is 5.76. The molecule has 5 heteroatoms. The average molecular weight is 261 g/mol. The van der Waals surface area contributed by atoms with E-state index in [0.29, 0.717) is 31.4 Å². The summed E-state index contributed by atoms with van der Waals surface area (Å²) in [5.41, 5.74) is 1.56. The molecule has 2 rings (SSSR count). The molecular weight excluding hydrogens is 245 g/mol. The third-order valence-electron chi connectivity index (χ3n) is 2.85. The van der Waals surface area contributed by atoms with E-state index >= 15 is 0 Å². The number of aromatic nitrogens is 2. The van der Waals surface area contributed by atoms with E-state index in [-0.39, 0.29) is 11.7 Å². The number of carbonyl (C=O) groups is 1. The molecule has 2 N–H and O–H groups in total. The van der Waals surface area contributed by atoms with E-state index < -0.39 is 0 Å². The molecule has 0 saturated carbocycles. The Kier molecular flexibility index (Phi) is 4.66. The van der Waals surface area contributed by atoms with Crippen LogP contribution in [0.3, 0.4) is 0 Å². The Balaban J connectivity index is 1.69. The predicted molar refractivity (Wildman–Crippen MR) is 70.0 cm³/mol.